The summed E-state index contributed by atoms with van der Waals surface area (Å²) in [5, 5.41) is 12.5. The normalized spacial score (nSPS) is 10.6. The number of hydrogen-bond donors (Lipinski definition) is 4. The summed E-state index contributed by atoms with van der Waals surface area (Å²) < 4.78 is 14.9. The van der Waals surface area contributed by atoms with Crippen LogP contribution < -0.4 is 26.0 Å². The van der Waals surface area contributed by atoms with Gasteiger partial charge in [0.25, 0.3) is 0 Å². The van der Waals surface area contributed by atoms with Gasteiger partial charge in [0.2, 0.25) is 29.1 Å². The summed E-state index contributed by atoms with van der Waals surface area (Å²) in [7, 11) is 4.87. The number of aromatic nitrogens is 6. The molecular weight excluding hydrogens is 476 g/mol. The van der Waals surface area contributed by atoms with Crippen LogP contribution in [-0.4, -0.2) is 89.6 Å². The van der Waals surface area contributed by atoms with Gasteiger partial charge >= 0.3 is 6.01 Å². The number of methoxy groups -OCH3 is 3. The lowest BCUT2D eigenvalue weighted by Crippen LogP contribution is -2.17. The Morgan fingerprint density at radius 1 is 0.657 bits per heavy atom. The molecule has 2 aromatic heterocycles. The summed E-state index contributed by atoms with van der Waals surface area (Å²) in [4.78, 5) is 24.7. The van der Waals surface area contributed by atoms with Crippen molar-refractivity contribution in [3.05, 3.63) is 5.28 Å². The number of halogens is 1. The van der Waals surface area contributed by atoms with Gasteiger partial charge in [0, 0.05) is 52.6 Å². The Balaban J connectivity index is 0.000000355. The average molecular weight is 515 g/mol. The van der Waals surface area contributed by atoms with Gasteiger partial charge in [0.05, 0.1) is 7.11 Å². The molecule has 0 amide bonds. The molecule has 0 spiro atoms. The van der Waals surface area contributed by atoms with Crippen LogP contribution in [0.2, 0.25) is 5.28 Å². The first-order valence-electron chi connectivity index (χ1n) is 11.5. The molecule has 0 radical (unpaired) electrons. The number of rotatable bonds is 15. The highest BCUT2D eigenvalue weighted by Gasteiger charge is 2.08. The van der Waals surface area contributed by atoms with Crippen LogP contribution in [0.25, 0.3) is 0 Å². The van der Waals surface area contributed by atoms with E-state index in [1.54, 1.807) is 14.2 Å². The third-order valence-corrected chi connectivity index (χ3v) is 4.03. The fourth-order valence-electron chi connectivity index (χ4n) is 2.43. The highest BCUT2D eigenvalue weighted by atomic mass is 35.5. The van der Waals surface area contributed by atoms with Crippen LogP contribution in [-0.2, 0) is 9.47 Å². The Kier molecular flexibility index (Phi) is 15.2. The van der Waals surface area contributed by atoms with E-state index in [9.17, 15) is 0 Å². The Bertz CT molecular complexity index is 786. The van der Waals surface area contributed by atoms with E-state index in [1.165, 1.54) is 7.11 Å². The van der Waals surface area contributed by atoms with Crippen LogP contribution in [0, 0.1) is 0 Å². The fraction of sp³-hybridized carbons (Fsp3) is 0.714. The van der Waals surface area contributed by atoms with Gasteiger partial charge in [0.15, 0.2) is 0 Å². The first-order valence-corrected chi connectivity index (χ1v) is 11.9. The summed E-state index contributed by atoms with van der Waals surface area (Å²) in [6, 6.07) is 0.833. The number of nitrogens with zero attached hydrogens (tertiary/aromatic N) is 6. The molecular formula is C21H39ClN10O3. The molecule has 2 aromatic rings. The van der Waals surface area contributed by atoms with E-state index in [0.717, 1.165) is 25.9 Å². The zero-order valence-corrected chi connectivity index (χ0v) is 22.4. The van der Waals surface area contributed by atoms with E-state index < -0.39 is 0 Å². The highest BCUT2D eigenvalue weighted by molar-refractivity contribution is 6.28. The van der Waals surface area contributed by atoms with Gasteiger partial charge in [-0.1, -0.05) is 0 Å². The van der Waals surface area contributed by atoms with Gasteiger partial charge < -0.3 is 35.5 Å². The average Bonchev–Trinajstić information content (AvgIpc) is 2.79. The van der Waals surface area contributed by atoms with E-state index in [4.69, 9.17) is 25.8 Å². The monoisotopic (exact) mass is 514 g/mol. The summed E-state index contributed by atoms with van der Waals surface area (Å²) in [5.41, 5.74) is 0. The molecule has 0 fully saturated rings. The molecule has 0 saturated carbocycles. The molecule has 35 heavy (non-hydrogen) atoms. The molecule has 0 unspecified atom stereocenters. The van der Waals surface area contributed by atoms with Crippen molar-refractivity contribution in [2.45, 2.75) is 52.6 Å². The molecule has 2 rings (SSSR count). The molecule has 0 saturated heterocycles. The lowest BCUT2D eigenvalue weighted by molar-refractivity contribution is 0.197. The van der Waals surface area contributed by atoms with E-state index >= 15 is 0 Å². The van der Waals surface area contributed by atoms with Gasteiger partial charge in [-0.3, -0.25) is 0 Å². The van der Waals surface area contributed by atoms with Crippen LogP contribution >= 0.6 is 11.6 Å². The molecule has 2 heterocycles. The van der Waals surface area contributed by atoms with Gasteiger partial charge in [0.1, 0.15) is 0 Å². The van der Waals surface area contributed by atoms with Crippen LogP contribution in [0.3, 0.4) is 0 Å². The molecule has 198 valence electrons. The maximum absolute atomic E-state index is 5.84. The van der Waals surface area contributed by atoms with Crippen molar-refractivity contribution in [1.82, 2.24) is 29.9 Å². The molecule has 0 aromatic carbocycles. The number of anilines is 4. The van der Waals surface area contributed by atoms with Crippen molar-refractivity contribution in [3.8, 4) is 6.01 Å². The van der Waals surface area contributed by atoms with Crippen molar-refractivity contribution >= 4 is 35.4 Å². The summed E-state index contributed by atoms with van der Waals surface area (Å²) in [5.74, 6) is 1.96. The molecule has 0 aliphatic rings. The van der Waals surface area contributed by atoms with Crippen molar-refractivity contribution in [2.24, 2.45) is 0 Å². The predicted octanol–water partition coefficient (Wildman–Crippen LogP) is 2.94. The van der Waals surface area contributed by atoms with Crippen LogP contribution in [0.1, 0.15) is 40.5 Å². The summed E-state index contributed by atoms with van der Waals surface area (Å²) in [6.45, 7) is 10.9. The first kappa shape index (κ1) is 30.3. The van der Waals surface area contributed by atoms with Crippen LogP contribution in [0.5, 0.6) is 6.01 Å². The number of hydrogen-bond acceptors (Lipinski definition) is 13. The van der Waals surface area contributed by atoms with Crippen LogP contribution in [0.4, 0.5) is 23.8 Å². The summed E-state index contributed by atoms with van der Waals surface area (Å²) in [6.07, 6.45) is 1.74. The second kappa shape index (κ2) is 17.6. The zero-order chi connectivity index (χ0) is 26.1. The van der Waals surface area contributed by atoms with Gasteiger partial charge in [-0.05, 0) is 52.1 Å². The minimum Gasteiger partial charge on any atom is -0.467 e. The predicted molar refractivity (Wildman–Crippen MR) is 139 cm³/mol. The van der Waals surface area contributed by atoms with E-state index in [-0.39, 0.29) is 17.4 Å². The third kappa shape index (κ3) is 14.3. The maximum Gasteiger partial charge on any atom is 0.322 e. The van der Waals surface area contributed by atoms with Gasteiger partial charge in [-0.25, -0.2) is 0 Å². The van der Waals surface area contributed by atoms with Gasteiger partial charge in [-0.15, -0.1) is 0 Å². The quantitative estimate of drug-likeness (QED) is 0.258. The standard InChI is InChI=1S/C11H20ClN5O2.C10H19N5O/c1-18-7-3-5-13-10-15-9(12)16-11(17-10)14-6-4-8-19-2;1-6(2)11-8-13-9(12-7(3)4)15-10(14-8)16-5/h3-8H2,1-2H3,(H2,13,14,15,16,17);6-7H,1-5H3,(H2,11,12,13,14,15). The summed E-state index contributed by atoms with van der Waals surface area (Å²) >= 11 is 5.84. The smallest absolute Gasteiger partial charge is 0.322 e. The molecule has 13 nitrogen and oxygen atoms in total. The van der Waals surface area contributed by atoms with Crippen LogP contribution in [0.15, 0.2) is 0 Å². The zero-order valence-electron chi connectivity index (χ0n) is 21.7. The Morgan fingerprint density at radius 3 is 1.46 bits per heavy atom. The second-order valence-electron chi connectivity index (χ2n) is 7.87. The third-order valence-electron chi connectivity index (χ3n) is 3.86. The second-order valence-corrected chi connectivity index (χ2v) is 8.20. The van der Waals surface area contributed by atoms with Gasteiger partial charge in [-0.2, -0.15) is 29.9 Å². The molecule has 0 bridgehead atoms. The largest absolute Gasteiger partial charge is 0.467 e. The van der Waals surface area contributed by atoms with Crippen molar-refractivity contribution in [1.29, 1.82) is 0 Å². The van der Waals surface area contributed by atoms with Crippen molar-refractivity contribution in [2.75, 3.05) is 68.9 Å². The minimum atomic E-state index is 0.165. The lowest BCUT2D eigenvalue weighted by atomic mass is 10.4. The molecule has 14 heteroatoms. The Labute approximate surface area is 212 Å². The molecule has 0 atom stereocenters. The first-order chi connectivity index (χ1) is 16.8. The maximum atomic E-state index is 5.84. The number of nitrogens with one attached hydrogen (secondary N) is 4. The van der Waals surface area contributed by atoms with E-state index in [0.29, 0.717) is 43.0 Å². The molecule has 0 aliphatic heterocycles. The minimum absolute atomic E-state index is 0.165. The van der Waals surface area contributed by atoms with E-state index in [2.05, 4.69) is 51.2 Å². The van der Waals surface area contributed by atoms with E-state index in [1.807, 2.05) is 27.7 Å². The Hall–Kier alpha value is -2.77. The van der Waals surface area contributed by atoms with Crippen molar-refractivity contribution in [3.63, 3.8) is 0 Å². The highest BCUT2D eigenvalue weighted by Crippen LogP contribution is 2.12. The van der Waals surface area contributed by atoms with Crippen molar-refractivity contribution < 1.29 is 14.2 Å². The lowest BCUT2D eigenvalue weighted by Gasteiger charge is -2.12. The Morgan fingerprint density at radius 2 is 1.09 bits per heavy atom. The molecule has 4 N–H and O–H groups in total. The fourth-order valence-corrected chi connectivity index (χ4v) is 2.59. The number of ether oxygens (including phenoxy) is 3. The SMILES string of the molecule is COCCCNc1nc(Cl)nc(NCCCOC)n1.COc1nc(NC(C)C)nc(NC(C)C)n1. The molecule has 0 aliphatic carbocycles. The topological polar surface area (TPSA) is 153 Å².